The van der Waals surface area contributed by atoms with E-state index < -0.39 is 9.84 Å². The van der Waals surface area contributed by atoms with Gasteiger partial charge in [-0.15, -0.1) is 0 Å². The van der Waals surface area contributed by atoms with Crippen molar-refractivity contribution in [2.45, 2.75) is 44.8 Å². The molecule has 8 heteroatoms. The molecule has 0 atom stereocenters. The van der Waals surface area contributed by atoms with Crippen LogP contribution in [0.15, 0.2) is 72.0 Å². The first-order valence-electron chi connectivity index (χ1n) is 11.2. The van der Waals surface area contributed by atoms with E-state index in [2.05, 4.69) is 29.0 Å². The molecular formula is C25H32N4O2S2. The average molecular weight is 485 g/mol. The van der Waals surface area contributed by atoms with E-state index in [0.29, 0.717) is 24.1 Å². The van der Waals surface area contributed by atoms with Gasteiger partial charge in [-0.05, 0) is 36.2 Å². The Morgan fingerprint density at radius 2 is 1.67 bits per heavy atom. The van der Waals surface area contributed by atoms with E-state index in [1.165, 1.54) is 0 Å². The molecule has 6 nitrogen and oxygen atoms in total. The van der Waals surface area contributed by atoms with Gasteiger partial charge >= 0.3 is 0 Å². The number of sulfone groups is 1. The standard InChI is InChI=1S/C25H32N4O2S2/c1-4-26-24(32)28(16-20(2)3)18-23-15-27-25(29(23)17-21-11-7-5-8-12-21)33(30,31)19-22-13-9-6-10-14-22/h5-15,20H,4,16-19H2,1-3H3,(H,26,32). The van der Waals surface area contributed by atoms with Gasteiger partial charge in [0.25, 0.3) is 0 Å². The van der Waals surface area contributed by atoms with Gasteiger partial charge in [-0.2, -0.15) is 0 Å². The van der Waals surface area contributed by atoms with Gasteiger partial charge in [0.15, 0.2) is 5.11 Å². The van der Waals surface area contributed by atoms with Crippen LogP contribution in [0.4, 0.5) is 0 Å². The van der Waals surface area contributed by atoms with Crippen molar-refractivity contribution >= 4 is 27.2 Å². The summed E-state index contributed by atoms with van der Waals surface area (Å²) in [7, 11) is -3.65. The van der Waals surface area contributed by atoms with Gasteiger partial charge in [-0.1, -0.05) is 74.5 Å². The minimum absolute atomic E-state index is 0.0871. The molecule has 0 aliphatic heterocycles. The van der Waals surface area contributed by atoms with Crippen molar-refractivity contribution in [3.63, 3.8) is 0 Å². The normalized spacial score (nSPS) is 11.5. The largest absolute Gasteiger partial charge is 0.363 e. The second kappa shape index (κ2) is 11.4. The quantitative estimate of drug-likeness (QED) is 0.434. The fraction of sp³-hybridized carbons (Fsp3) is 0.360. The third-order valence-corrected chi connectivity index (χ3v) is 7.11. The molecule has 1 heterocycles. The zero-order valence-corrected chi connectivity index (χ0v) is 21.1. The van der Waals surface area contributed by atoms with Crippen LogP contribution in [0.1, 0.15) is 37.6 Å². The van der Waals surface area contributed by atoms with Gasteiger partial charge in [0.1, 0.15) is 0 Å². The number of imidazole rings is 1. The summed E-state index contributed by atoms with van der Waals surface area (Å²) in [6.45, 7) is 8.67. The Bertz CT molecular complexity index is 1140. The van der Waals surface area contributed by atoms with Gasteiger partial charge in [0, 0.05) is 13.1 Å². The van der Waals surface area contributed by atoms with E-state index in [9.17, 15) is 8.42 Å². The summed E-state index contributed by atoms with van der Waals surface area (Å²) in [6.07, 6.45) is 1.67. The maximum atomic E-state index is 13.4. The van der Waals surface area contributed by atoms with Crippen molar-refractivity contribution in [1.29, 1.82) is 0 Å². The highest BCUT2D eigenvalue weighted by molar-refractivity contribution is 7.90. The number of benzene rings is 2. The SMILES string of the molecule is CCNC(=S)N(Cc1cnc(S(=O)(=O)Cc2ccccc2)n1Cc1ccccc1)CC(C)C. The highest BCUT2D eigenvalue weighted by atomic mass is 32.2. The Labute approximate surface area is 202 Å². The van der Waals surface area contributed by atoms with Crippen LogP contribution in [-0.4, -0.2) is 41.1 Å². The highest BCUT2D eigenvalue weighted by Gasteiger charge is 2.25. The van der Waals surface area contributed by atoms with Crippen molar-refractivity contribution in [2.24, 2.45) is 5.92 Å². The number of thiocarbonyl (C=S) groups is 1. The number of hydrogen-bond donors (Lipinski definition) is 1. The summed E-state index contributed by atoms with van der Waals surface area (Å²) in [4.78, 5) is 6.48. The summed E-state index contributed by atoms with van der Waals surface area (Å²) < 4.78 is 28.6. The zero-order valence-electron chi connectivity index (χ0n) is 19.4. The number of nitrogens with one attached hydrogen (secondary N) is 1. The summed E-state index contributed by atoms with van der Waals surface area (Å²) in [5, 5.41) is 3.97. The molecule has 0 aliphatic carbocycles. The van der Waals surface area contributed by atoms with Gasteiger partial charge < -0.3 is 14.8 Å². The molecule has 33 heavy (non-hydrogen) atoms. The summed E-state index contributed by atoms with van der Waals surface area (Å²) >= 11 is 5.60. The van der Waals surface area contributed by atoms with Crippen LogP contribution in [0, 0.1) is 5.92 Å². The molecular weight excluding hydrogens is 452 g/mol. The van der Waals surface area contributed by atoms with Gasteiger partial charge in [-0.25, -0.2) is 13.4 Å². The first-order valence-corrected chi connectivity index (χ1v) is 13.2. The van der Waals surface area contributed by atoms with Crippen LogP contribution in [0.25, 0.3) is 0 Å². The van der Waals surface area contributed by atoms with Crippen LogP contribution in [-0.2, 0) is 28.7 Å². The fourth-order valence-electron chi connectivity index (χ4n) is 3.68. The molecule has 3 aromatic rings. The van der Waals surface area contributed by atoms with Crippen molar-refractivity contribution in [3.05, 3.63) is 83.7 Å². The lowest BCUT2D eigenvalue weighted by Crippen LogP contribution is -2.41. The smallest absolute Gasteiger partial charge is 0.228 e. The van der Waals surface area contributed by atoms with E-state index in [1.54, 1.807) is 6.20 Å². The van der Waals surface area contributed by atoms with Crippen molar-refractivity contribution in [3.8, 4) is 0 Å². The molecule has 0 amide bonds. The molecule has 1 N–H and O–H groups in total. The Hall–Kier alpha value is -2.71. The van der Waals surface area contributed by atoms with E-state index in [0.717, 1.165) is 29.9 Å². The second-order valence-corrected chi connectivity index (χ2v) is 10.7. The van der Waals surface area contributed by atoms with Crippen molar-refractivity contribution in [2.75, 3.05) is 13.1 Å². The first kappa shape index (κ1) is 24.9. The van der Waals surface area contributed by atoms with Gasteiger partial charge in [0.05, 0.1) is 30.7 Å². The third kappa shape index (κ3) is 6.88. The molecule has 0 saturated carbocycles. The monoisotopic (exact) mass is 484 g/mol. The Morgan fingerprint density at radius 3 is 2.24 bits per heavy atom. The lowest BCUT2D eigenvalue weighted by atomic mass is 10.2. The molecule has 0 aliphatic rings. The predicted octanol–water partition coefficient (Wildman–Crippen LogP) is 4.26. The van der Waals surface area contributed by atoms with E-state index in [4.69, 9.17) is 12.2 Å². The maximum Gasteiger partial charge on any atom is 0.228 e. The van der Waals surface area contributed by atoms with Crippen molar-refractivity contribution < 1.29 is 8.42 Å². The summed E-state index contributed by atoms with van der Waals surface area (Å²) in [5.74, 6) is 0.304. The third-order valence-electron chi connectivity index (χ3n) is 5.12. The first-order chi connectivity index (χ1) is 15.8. The molecule has 0 unspecified atom stereocenters. The van der Waals surface area contributed by atoms with Crippen LogP contribution in [0.3, 0.4) is 0 Å². The molecule has 0 fully saturated rings. The summed E-state index contributed by atoms with van der Waals surface area (Å²) in [5.41, 5.74) is 2.56. The minimum Gasteiger partial charge on any atom is -0.363 e. The minimum atomic E-state index is -3.65. The van der Waals surface area contributed by atoms with E-state index in [1.807, 2.05) is 72.2 Å². The number of nitrogens with zero attached hydrogens (tertiary/aromatic N) is 3. The highest BCUT2D eigenvalue weighted by Crippen LogP contribution is 2.21. The lowest BCUT2D eigenvalue weighted by Gasteiger charge is -2.28. The zero-order chi connectivity index (χ0) is 23.8. The van der Waals surface area contributed by atoms with Crippen LogP contribution in [0.5, 0.6) is 0 Å². The topological polar surface area (TPSA) is 67.2 Å². The van der Waals surface area contributed by atoms with E-state index >= 15 is 0 Å². The van der Waals surface area contributed by atoms with Crippen LogP contribution < -0.4 is 5.32 Å². The molecule has 3 rings (SSSR count). The molecule has 0 saturated heterocycles. The molecule has 1 aromatic heterocycles. The number of aromatic nitrogens is 2. The molecule has 0 spiro atoms. The second-order valence-electron chi connectivity index (χ2n) is 8.46. The lowest BCUT2D eigenvalue weighted by molar-refractivity contribution is 0.345. The molecule has 2 aromatic carbocycles. The van der Waals surface area contributed by atoms with Crippen LogP contribution >= 0.6 is 12.2 Å². The van der Waals surface area contributed by atoms with Crippen molar-refractivity contribution in [1.82, 2.24) is 19.8 Å². The molecule has 176 valence electrons. The molecule has 0 radical (unpaired) electrons. The Morgan fingerprint density at radius 1 is 1.06 bits per heavy atom. The predicted molar refractivity (Wildman–Crippen MR) is 137 cm³/mol. The van der Waals surface area contributed by atoms with Gasteiger partial charge in [-0.3, -0.25) is 0 Å². The number of rotatable bonds is 10. The summed E-state index contributed by atoms with van der Waals surface area (Å²) in [6, 6.07) is 19.1. The average Bonchev–Trinajstić information content (AvgIpc) is 3.17. The molecule has 0 bridgehead atoms. The Balaban J connectivity index is 1.99. The van der Waals surface area contributed by atoms with Gasteiger partial charge in [0.2, 0.25) is 15.0 Å². The van der Waals surface area contributed by atoms with Crippen LogP contribution in [0.2, 0.25) is 0 Å². The number of hydrogen-bond acceptors (Lipinski definition) is 4. The fourth-order valence-corrected chi connectivity index (χ4v) is 5.45. The Kier molecular flexibility index (Phi) is 8.63. The maximum absolute atomic E-state index is 13.4. The van der Waals surface area contributed by atoms with E-state index in [-0.39, 0.29) is 10.9 Å².